The third kappa shape index (κ3) is 3.14. The quantitative estimate of drug-likeness (QED) is 0.442. The molecule has 0 bridgehead atoms. The number of methoxy groups -OCH3 is 1. The van der Waals surface area contributed by atoms with Crippen LogP contribution in [0.4, 0.5) is 0 Å². The SMILES string of the molecule is COc1ccc(O)c(S(=O)(=O)O)c1.[H-].[Na+]. The van der Waals surface area contributed by atoms with Crippen LogP contribution in [0.25, 0.3) is 0 Å². The van der Waals surface area contributed by atoms with E-state index in [0.717, 1.165) is 12.1 Å². The van der Waals surface area contributed by atoms with Crippen LogP contribution in [0.15, 0.2) is 23.1 Å². The molecule has 0 aliphatic carbocycles. The van der Waals surface area contributed by atoms with Gasteiger partial charge >= 0.3 is 29.6 Å². The Bertz CT molecular complexity index is 419. The van der Waals surface area contributed by atoms with Crippen LogP contribution >= 0.6 is 0 Å². The van der Waals surface area contributed by atoms with E-state index in [9.17, 15) is 8.42 Å². The second kappa shape index (κ2) is 4.99. The van der Waals surface area contributed by atoms with E-state index in [4.69, 9.17) is 14.4 Å². The van der Waals surface area contributed by atoms with Crippen molar-refractivity contribution in [3.8, 4) is 11.5 Å². The maximum atomic E-state index is 10.7. The van der Waals surface area contributed by atoms with Gasteiger partial charge in [0.2, 0.25) is 0 Å². The zero-order valence-electron chi connectivity index (χ0n) is 8.76. The summed E-state index contributed by atoms with van der Waals surface area (Å²) in [5.41, 5.74) is 0. The topological polar surface area (TPSA) is 83.8 Å². The van der Waals surface area contributed by atoms with Crippen molar-refractivity contribution in [1.82, 2.24) is 0 Å². The van der Waals surface area contributed by atoms with E-state index >= 15 is 0 Å². The molecule has 74 valence electrons. The molecule has 0 saturated carbocycles. The van der Waals surface area contributed by atoms with Gasteiger partial charge in [0.15, 0.2) is 0 Å². The zero-order chi connectivity index (χ0) is 10.1. The van der Waals surface area contributed by atoms with Crippen molar-refractivity contribution >= 4 is 10.1 Å². The Balaban J connectivity index is 0. The van der Waals surface area contributed by atoms with E-state index in [0.29, 0.717) is 0 Å². The first-order valence-corrected chi connectivity index (χ1v) is 4.73. The molecular weight excluding hydrogens is 219 g/mol. The van der Waals surface area contributed by atoms with Crippen LogP contribution in [0.3, 0.4) is 0 Å². The molecule has 14 heavy (non-hydrogen) atoms. The summed E-state index contributed by atoms with van der Waals surface area (Å²) in [7, 11) is -3.05. The molecular formula is C7H9NaO5S. The maximum Gasteiger partial charge on any atom is 1.00 e. The van der Waals surface area contributed by atoms with Gasteiger partial charge in [-0.25, -0.2) is 0 Å². The molecule has 0 aliphatic rings. The monoisotopic (exact) mass is 228 g/mol. The van der Waals surface area contributed by atoms with Gasteiger partial charge in [-0.05, 0) is 12.1 Å². The molecule has 7 heteroatoms. The number of aromatic hydroxyl groups is 1. The van der Waals surface area contributed by atoms with Crippen LogP contribution in [-0.4, -0.2) is 25.2 Å². The van der Waals surface area contributed by atoms with Crippen molar-refractivity contribution in [3.05, 3.63) is 18.2 Å². The van der Waals surface area contributed by atoms with E-state index in [2.05, 4.69) is 0 Å². The van der Waals surface area contributed by atoms with Crippen LogP contribution in [0.2, 0.25) is 0 Å². The summed E-state index contributed by atoms with van der Waals surface area (Å²) in [5.74, 6) is -0.270. The molecule has 0 saturated heterocycles. The van der Waals surface area contributed by atoms with E-state index in [-0.39, 0.29) is 36.7 Å². The molecule has 0 spiro atoms. The summed E-state index contributed by atoms with van der Waals surface area (Å²) in [4.78, 5) is -0.563. The molecule has 0 amide bonds. The summed E-state index contributed by atoms with van der Waals surface area (Å²) in [5, 5.41) is 9.07. The molecule has 0 aromatic heterocycles. The normalized spacial score (nSPS) is 10.4. The van der Waals surface area contributed by atoms with E-state index < -0.39 is 20.8 Å². The molecule has 0 heterocycles. The molecule has 0 aliphatic heterocycles. The minimum atomic E-state index is -4.40. The Morgan fingerprint density at radius 3 is 2.43 bits per heavy atom. The maximum absolute atomic E-state index is 10.7. The minimum absolute atomic E-state index is 0. The Morgan fingerprint density at radius 2 is 2.00 bits per heavy atom. The van der Waals surface area contributed by atoms with Crippen molar-refractivity contribution in [1.29, 1.82) is 0 Å². The average Bonchev–Trinajstić information content (AvgIpc) is 2.03. The fraction of sp³-hybridized carbons (Fsp3) is 0.143. The van der Waals surface area contributed by atoms with Crippen LogP contribution in [0.1, 0.15) is 1.43 Å². The van der Waals surface area contributed by atoms with Crippen LogP contribution < -0.4 is 34.3 Å². The molecule has 5 nitrogen and oxygen atoms in total. The largest absolute Gasteiger partial charge is 1.00 e. The Morgan fingerprint density at radius 1 is 1.43 bits per heavy atom. The Kier molecular flexibility index (Phi) is 4.90. The first kappa shape index (κ1) is 13.7. The summed E-state index contributed by atoms with van der Waals surface area (Å²) in [6.45, 7) is 0. The standard InChI is InChI=1S/C7H8O5S.Na.H/c1-12-5-2-3-6(8)7(4-5)13(9,10)11;;/h2-4,8H,1H3,(H,9,10,11);;/q;+1;-1. The van der Waals surface area contributed by atoms with Gasteiger partial charge in [0.25, 0.3) is 10.1 Å². The predicted molar refractivity (Wildman–Crippen MR) is 45.6 cm³/mol. The van der Waals surface area contributed by atoms with Crippen molar-refractivity contribution < 1.29 is 53.8 Å². The number of rotatable bonds is 2. The van der Waals surface area contributed by atoms with Crippen LogP contribution in [0.5, 0.6) is 11.5 Å². The van der Waals surface area contributed by atoms with Gasteiger partial charge in [0.05, 0.1) is 7.11 Å². The first-order chi connectivity index (χ1) is 5.95. The summed E-state index contributed by atoms with van der Waals surface area (Å²) >= 11 is 0. The number of hydrogen-bond donors (Lipinski definition) is 2. The van der Waals surface area contributed by atoms with E-state index in [1.165, 1.54) is 13.2 Å². The van der Waals surface area contributed by atoms with Crippen LogP contribution in [0, 0.1) is 0 Å². The molecule has 1 aromatic rings. The van der Waals surface area contributed by atoms with Gasteiger partial charge in [-0.3, -0.25) is 4.55 Å². The smallest absolute Gasteiger partial charge is 1.00 e. The molecule has 1 rings (SSSR count). The van der Waals surface area contributed by atoms with E-state index in [1.54, 1.807) is 0 Å². The summed E-state index contributed by atoms with van der Waals surface area (Å²) in [6.07, 6.45) is 0. The number of benzene rings is 1. The van der Waals surface area contributed by atoms with Gasteiger partial charge < -0.3 is 11.3 Å². The van der Waals surface area contributed by atoms with E-state index in [1.807, 2.05) is 0 Å². The summed E-state index contributed by atoms with van der Waals surface area (Å²) < 4.78 is 34.7. The number of phenolic OH excluding ortho intramolecular Hbond substituents is 1. The van der Waals surface area contributed by atoms with Crippen molar-refractivity contribution in [2.45, 2.75) is 4.90 Å². The second-order valence-corrected chi connectivity index (χ2v) is 3.70. The second-order valence-electron chi connectivity index (χ2n) is 2.31. The third-order valence-corrected chi connectivity index (χ3v) is 2.33. The third-order valence-electron chi connectivity index (χ3n) is 1.44. The minimum Gasteiger partial charge on any atom is -1.00 e. The molecule has 0 fully saturated rings. The molecule has 1 aromatic carbocycles. The Labute approximate surface area is 105 Å². The number of hydrogen-bond acceptors (Lipinski definition) is 4. The van der Waals surface area contributed by atoms with Gasteiger partial charge in [-0.15, -0.1) is 0 Å². The van der Waals surface area contributed by atoms with Gasteiger partial charge in [-0.2, -0.15) is 8.42 Å². The van der Waals surface area contributed by atoms with Crippen molar-refractivity contribution in [3.63, 3.8) is 0 Å². The average molecular weight is 228 g/mol. The fourth-order valence-electron chi connectivity index (χ4n) is 0.828. The fourth-order valence-corrected chi connectivity index (χ4v) is 1.43. The van der Waals surface area contributed by atoms with Gasteiger partial charge in [0, 0.05) is 6.07 Å². The van der Waals surface area contributed by atoms with Gasteiger partial charge in [-0.1, -0.05) is 0 Å². The van der Waals surface area contributed by atoms with Crippen LogP contribution in [-0.2, 0) is 10.1 Å². The molecule has 0 radical (unpaired) electrons. The Hall–Kier alpha value is -0.270. The number of ether oxygens (including phenoxy) is 1. The first-order valence-electron chi connectivity index (χ1n) is 3.29. The van der Waals surface area contributed by atoms with Crippen molar-refractivity contribution in [2.75, 3.05) is 7.11 Å². The number of phenols is 1. The predicted octanol–water partition coefficient (Wildman–Crippen LogP) is -2.24. The van der Waals surface area contributed by atoms with Gasteiger partial charge in [0.1, 0.15) is 16.4 Å². The molecule has 0 unspecified atom stereocenters. The molecule has 0 atom stereocenters. The molecule has 2 N–H and O–H groups in total. The zero-order valence-corrected chi connectivity index (χ0v) is 10.6. The summed E-state index contributed by atoms with van der Waals surface area (Å²) in [6, 6.07) is 3.54. The van der Waals surface area contributed by atoms with Crippen molar-refractivity contribution in [2.24, 2.45) is 0 Å².